The van der Waals surface area contributed by atoms with Crippen LogP contribution < -0.4 is 5.32 Å². The van der Waals surface area contributed by atoms with Crippen LogP contribution in [-0.2, 0) is 9.84 Å². The highest BCUT2D eigenvalue weighted by molar-refractivity contribution is 7.91. The van der Waals surface area contributed by atoms with E-state index in [1.165, 1.54) is 11.1 Å². The molecule has 1 atom stereocenters. The number of anilines is 1. The molecule has 0 bridgehead atoms. The number of carbonyl (C=O) groups excluding carboxylic acids is 1. The summed E-state index contributed by atoms with van der Waals surface area (Å²) in [5.74, 6) is 0.295. The number of sulfone groups is 1. The summed E-state index contributed by atoms with van der Waals surface area (Å²) >= 11 is 0. The maximum Gasteiger partial charge on any atom is 0.276 e. The molecule has 1 amide bonds. The summed E-state index contributed by atoms with van der Waals surface area (Å²) in [6.45, 7) is 8.33. The molecule has 3 aromatic rings. The van der Waals surface area contributed by atoms with E-state index >= 15 is 0 Å². The van der Waals surface area contributed by atoms with Gasteiger partial charge in [0.05, 0.1) is 23.2 Å². The third-order valence-electron chi connectivity index (χ3n) is 6.16. The Kier molecular flexibility index (Phi) is 5.95. The van der Waals surface area contributed by atoms with Crippen molar-refractivity contribution in [2.75, 3.05) is 16.8 Å². The summed E-state index contributed by atoms with van der Waals surface area (Å²) in [6, 6.07) is 15.3. The second-order valence-electron chi connectivity index (χ2n) is 8.95. The molecule has 0 saturated carbocycles. The Balaban J connectivity index is 1.68. The predicted octanol–water partition coefficient (Wildman–Crippen LogP) is 4.90. The molecule has 2 aromatic carbocycles. The zero-order chi connectivity index (χ0) is 23.0. The molecule has 0 unspecified atom stereocenters. The molecule has 0 aliphatic carbocycles. The normalized spacial score (nSPS) is 17.6. The van der Waals surface area contributed by atoms with Crippen LogP contribution in [0.2, 0.25) is 0 Å². The van der Waals surface area contributed by atoms with Crippen LogP contribution in [0.5, 0.6) is 0 Å². The summed E-state index contributed by atoms with van der Waals surface area (Å²) in [7, 11) is -3.09. The Morgan fingerprint density at radius 2 is 1.78 bits per heavy atom. The lowest BCUT2D eigenvalue weighted by Gasteiger charge is -2.14. The number of aromatic nitrogens is 2. The van der Waals surface area contributed by atoms with Crippen molar-refractivity contribution in [3.05, 3.63) is 70.9 Å². The molecule has 1 N–H and O–H groups in total. The van der Waals surface area contributed by atoms with Crippen molar-refractivity contribution in [1.82, 2.24) is 9.78 Å². The van der Waals surface area contributed by atoms with Crippen LogP contribution in [0.3, 0.4) is 0 Å². The van der Waals surface area contributed by atoms with E-state index in [1.54, 1.807) is 10.7 Å². The SMILES string of the molecule is Cc1ccc(-c2cc(C(=O)Nc3ccc(C(C)C)cc3)nn2[C@H]2CCS(=O)(=O)C2)cc1C. The number of hydrogen-bond acceptors (Lipinski definition) is 4. The summed E-state index contributed by atoms with van der Waals surface area (Å²) < 4.78 is 25.9. The van der Waals surface area contributed by atoms with Crippen molar-refractivity contribution in [3.8, 4) is 11.3 Å². The maximum absolute atomic E-state index is 13.0. The second kappa shape index (κ2) is 8.54. The number of benzene rings is 2. The van der Waals surface area contributed by atoms with Gasteiger partial charge in [-0.2, -0.15) is 5.10 Å². The Labute approximate surface area is 189 Å². The molecule has 7 heteroatoms. The lowest BCUT2D eigenvalue weighted by Crippen LogP contribution is -2.16. The van der Waals surface area contributed by atoms with Gasteiger partial charge in [-0.3, -0.25) is 9.48 Å². The molecule has 2 heterocycles. The molecule has 4 rings (SSSR count). The maximum atomic E-state index is 13.0. The summed E-state index contributed by atoms with van der Waals surface area (Å²) in [4.78, 5) is 13.0. The molecule has 0 radical (unpaired) electrons. The minimum atomic E-state index is -3.09. The van der Waals surface area contributed by atoms with Crippen LogP contribution in [0.1, 0.15) is 59.4 Å². The lowest BCUT2D eigenvalue weighted by atomic mass is 10.0. The molecule has 1 saturated heterocycles. The highest BCUT2D eigenvalue weighted by Crippen LogP contribution is 2.31. The van der Waals surface area contributed by atoms with Gasteiger partial charge in [-0.05, 0) is 67.1 Å². The van der Waals surface area contributed by atoms with Crippen LogP contribution in [0, 0.1) is 13.8 Å². The first-order valence-electron chi connectivity index (χ1n) is 10.9. The van der Waals surface area contributed by atoms with Crippen LogP contribution in [0.4, 0.5) is 5.69 Å². The summed E-state index contributed by atoms with van der Waals surface area (Å²) in [6.07, 6.45) is 0.500. The Morgan fingerprint density at radius 1 is 1.06 bits per heavy atom. The van der Waals surface area contributed by atoms with Gasteiger partial charge in [0.1, 0.15) is 0 Å². The topological polar surface area (TPSA) is 81.1 Å². The van der Waals surface area contributed by atoms with Gasteiger partial charge in [0.25, 0.3) is 5.91 Å². The van der Waals surface area contributed by atoms with Crippen LogP contribution >= 0.6 is 0 Å². The van der Waals surface area contributed by atoms with Gasteiger partial charge in [0.2, 0.25) is 0 Å². The van der Waals surface area contributed by atoms with E-state index in [0.717, 1.165) is 16.8 Å². The number of nitrogens with zero attached hydrogens (tertiary/aromatic N) is 2. The number of nitrogens with one attached hydrogen (secondary N) is 1. The van der Waals surface area contributed by atoms with E-state index in [2.05, 4.69) is 30.3 Å². The van der Waals surface area contributed by atoms with Gasteiger partial charge in [-0.15, -0.1) is 0 Å². The predicted molar refractivity (Wildman–Crippen MR) is 128 cm³/mol. The van der Waals surface area contributed by atoms with Crippen LogP contribution in [0.15, 0.2) is 48.5 Å². The Bertz CT molecular complexity index is 1260. The average Bonchev–Trinajstić information content (AvgIpc) is 3.34. The van der Waals surface area contributed by atoms with Crippen molar-refractivity contribution < 1.29 is 13.2 Å². The number of aryl methyl sites for hydroxylation is 2. The standard InChI is InChI=1S/C25H29N3O3S/c1-16(2)19-7-9-21(10-8-19)26-25(29)23-14-24(20-6-5-17(3)18(4)13-20)28(27-23)22-11-12-32(30,31)15-22/h5-10,13-14,16,22H,11-12,15H2,1-4H3,(H,26,29)/t22-/m0/s1. The zero-order valence-electron chi connectivity index (χ0n) is 18.9. The third kappa shape index (κ3) is 4.63. The smallest absolute Gasteiger partial charge is 0.276 e. The third-order valence-corrected chi connectivity index (χ3v) is 7.91. The van der Waals surface area contributed by atoms with Crippen molar-refractivity contribution in [1.29, 1.82) is 0 Å². The quantitative estimate of drug-likeness (QED) is 0.598. The van der Waals surface area contributed by atoms with E-state index in [9.17, 15) is 13.2 Å². The summed E-state index contributed by atoms with van der Waals surface area (Å²) in [5.41, 5.74) is 6.16. The van der Waals surface area contributed by atoms with Gasteiger partial charge in [0.15, 0.2) is 15.5 Å². The molecule has 1 aliphatic heterocycles. The minimum Gasteiger partial charge on any atom is -0.321 e. The highest BCUT2D eigenvalue weighted by Gasteiger charge is 2.32. The lowest BCUT2D eigenvalue weighted by molar-refractivity contribution is 0.102. The fourth-order valence-electron chi connectivity index (χ4n) is 4.01. The molecule has 168 valence electrons. The molecule has 1 fully saturated rings. The first kappa shape index (κ1) is 22.3. The fraction of sp³-hybridized carbons (Fsp3) is 0.360. The second-order valence-corrected chi connectivity index (χ2v) is 11.2. The van der Waals surface area contributed by atoms with Crippen LogP contribution in [0.25, 0.3) is 11.3 Å². The van der Waals surface area contributed by atoms with E-state index in [0.29, 0.717) is 18.0 Å². The summed E-state index contributed by atoms with van der Waals surface area (Å²) in [5, 5.41) is 7.48. The minimum absolute atomic E-state index is 0.0459. The van der Waals surface area contributed by atoms with Crippen molar-refractivity contribution in [2.24, 2.45) is 0 Å². The number of amides is 1. The van der Waals surface area contributed by atoms with Crippen LogP contribution in [-0.4, -0.2) is 35.6 Å². The fourth-order valence-corrected chi connectivity index (χ4v) is 5.71. The number of rotatable bonds is 5. The van der Waals surface area contributed by atoms with E-state index in [-0.39, 0.29) is 29.1 Å². The van der Waals surface area contributed by atoms with Crippen molar-refractivity contribution in [2.45, 2.75) is 46.1 Å². The molecule has 6 nitrogen and oxygen atoms in total. The molecule has 1 aromatic heterocycles. The highest BCUT2D eigenvalue weighted by atomic mass is 32.2. The number of carbonyl (C=O) groups is 1. The van der Waals surface area contributed by atoms with E-state index in [4.69, 9.17) is 0 Å². The van der Waals surface area contributed by atoms with E-state index in [1.807, 2.05) is 50.2 Å². The molecular weight excluding hydrogens is 422 g/mol. The monoisotopic (exact) mass is 451 g/mol. The van der Waals surface area contributed by atoms with Gasteiger partial charge >= 0.3 is 0 Å². The molecular formula is C25H29N3O3S. The van der Waals surface area contributed by atoms with E-state index < -0.39 is 9.84 Å². The zero-order valence-corrected chi connectivity index (χ0v) is 19.7. The van der Waals surface area contributed by atoms with Gasteiger partial charge in [-0.1, -0.05) is 38.1 Å². The molecule has 32 heavy (non-hydrogen) atoms. The number of hydrogen-bond donors (Lipinski definition) is 1. The Morgan fingerprint density at radius 3 is 2.38 bits per heavy atom. The molecule has 0 spiro atoms. The first-order chi connectivity index (χ1) is 15.1. The largest absolute Gasteiger partial charge is 0.321 e. The van der Waals surface area contributed by atoms with Crippen molar-refractivity contribution >= 4 is 21.4 Å². The Hall–Kier alpha value is -2.93. The molecule has 1 aliphatic rings. The van der Waals surface area contributed by atoms with Crippen molar-refractivity contribution in [3.63, 3.8) is 0 Å². The van der Waals surface area contributed by atoms with Gasteiger partial charge < -0.3 is 5.32 Å². The average molecular weight is 452 g/mol. The first-order valence-corrected chi connectivity index (χ1v) is 12.7. The van der Waals surface area contributed by atoms with Gasteiger partial charge in [0, 0.05) is 11.3 Å². The van der Waals surface area contributed by atoms with Gasteiger partial charge in [-0.25, -0.2) is 8.42 Å².